The van der Waals surface area contributed by atoms with Crippen LogP contribution in [0.2, 0.25) is 0 Å². The molecular weight excluding hydrogens is 240 g/mol. The molecule has 1 fully saturated rings. The van der Waals surface area contributed by atoms with Crippen molar-refractivity contribution < 1.29 is 0 Å². The number of nitrogens with zero attached hydrogens (tertiary/aromatic N) is 4. The third kappa shape index (κ3) is 2.44. The second kappa shape index (κ2) is 4.97. The molecule has 1 aliphatic heterocycles. The van der Waals surface area contributed by atoms with Crippen LogP contribution in [0.3, 0.4) is 0 Å². The fourth-order valence-corrected chi connectivity index (χ4v) is 2.44. The summed E-state index contributed by atoms with van der Waals surface area (Å²) in [5.74, 6) is 1.49. The van der Waals surface area contributed by atoms with E-state index in [0.717, 1.165) is 49.0 Å². The maximum Gasteiger partial charge on any atom is 0.245 e. The molecule has 0 saturated carbocycles. The molecule has 100 valence electrons. The first-order valence-electron chi connectivity index (χ1n) is 6.59. The number of hydrogen-bond donors (Lipinski definition) is 2. The molecule has 2 aromatic heterocycles. The minimum atomic E-state index is 0.218. The van der Waals surface area contributed by atoms with Crippen LogP contribution >= 0.6 is 0 Å². The van der Waals surface area contributed by atoms with Gasteiger partial charge in [0.15, 0.2) is 5.82 Å². The summed E-state index contributed by atoms with van der Waals surface area (Å²) in [6.07, 6.45) is 3.95. The Morgan fingerprint density at radius 1 is 1.47 bits per heavy atom. The summed E-state index contributed by atoms with van der Waals surface area (Å²) in [6, 6.07) is 4.12. The van der Waals surface area contributed by atoms with Crippen LogP contribution in [-0.4, -0.2) is 39.3 Å². The summed E-state index contributed by atoms with van der Waals surface area (Å²) in [6.45, 7) is 3.76. The zero-order chi connectivity index (χ0) is 13.2. The quantitative estimate of drug-likeness (QED) is 0.842. The molecule has 0 aromatic carbocycles. The molecule has 3 heterocycles. The Morgan fingerprint density at radius 2 is 2.37 bits per heavy atom. The predicted octanol–water partition coefficient (Wildman–Crippen LogP) is 1.10. The molecular formula is C13H18N6. The molecule has 0 radical (unpaired) electrons. The molecule has 1 aliphatic rings. The van der Waals surface area contributed by atoms with Gasteiger partial charge in [0.05, 0.1) is 0 Å². The summed E-state index contributed by atoms with van der Waals surface area (Å²) < 4.78 is 0. The first-order chi connectivity index (χ1) is 9.24. The van der Waals surface area contributed by atoms with Gasteiger partial charge in [0.25, 0.3) is 0 Å². The monoisotopic (exact) mass is 258 g/mol. The van der Waals surface area contributed by atoms with Gasteiger partial charge in [-0.05, 0) is 31.9 Å². The van der Waals surface area contributed by atoms with Gasteiger partial charge in [-0.3, -0.25) is 10.1 Å². The van der Waals surface area contributed by atoms with E-state index >= 15 is 0 Å². The zero-order valence-electron chi connectivity index (χ0n) is 11.0. The normalized spacial score (nSPS) is 19.7. The lowest BCUT2D eigenvalue weighted by Crippen LogP contribution is -2.43. The third-order valence-electron chi connectivity index (χ3n) is 3.48. The molecule has 0 spiro atoms. The highest BCUT2D eigenvalue weighted by Gasteiger charge is 2.20. The number of anilines is 1. The van der Waals surface area contributed by atoms with Crippen molar-refractivity contribution in [3.8, 4) is 11.4 Å². The molecule has 3 N–H and O–H groups in total. The van der Waals surface area contributed by atoms with Gasteiger partial charge >= 0.3 is 0 Å². The number of nitrogens with two attached hydrogens (primary N) is 1. The van der Waals surface area contributed by atoms with Gasteiger partial charge in [-0.15, -0.1) is 5.10 Å². The molecule has 1 unspecified atom stereocenters. The standard InChI is InChI=1S/C13H18N6/c1-9-11(5-2-6-15-9)12-16-13(18-17-12)19-7-3-4-10(14)8-19/h2,5-6,10H,3-4,7-8,14H2,1H3,(H,16,17,18). The Morgan fingerprint density at radius 3 is 3.16 bits per heavy atom. The minimum absolute atomic E-state index is 0.218. The predicted molar refractivity (Wildman–Crippen MR) is 73.8 cm³/mol. The molecule has 6 heteroatoms. The Balaban J connectivity index is 1.85. The van der Waals surface area contributed by atoms with Crippen molar-refractivity contribution in [3.05, 3.63) is 24.0 Å². The van der Waals surface area contributed by atoms with E-state index in [0.29, 0.717) is 0 Å². The Bertz CT molecular complexity index is 564. The lowest BCUT2D eigenvalue weighted by atomic mass is 10.1. The Labute approximate surface area is 112 Å². The van der Waals surface area contributed by atoms with Gasteiger partial charge in [0.2, 0.25) is 5.95 Å². The fourth-order valence-electron chi connectivity index (χ4n) is 2.44. The molecule has 6 nitrogen and oxygen atoms in total. The van der Waals surface area contributed by atoms with Crippen molar-refractivity contribution in [3.63, 3.8) is 0 Å². The lowest BCUT2D eigenvalue weighted by molar-refractivity contribution is 0.500. The number of aryl methyl sites for hydroxylation is 1. The van der Waals surface area contributed by atoms with E-state index in [1.165, 1.54) is 0 Å². The van der Waals surface area contributed by atoms with Crippen molar-refractivity contribution in [2.45, 2.75) is 25.8 Å². The van der Waals surface area contributed by atoms with Crippen LogP contribution in [0.25, 0.3) is 11.4 Å². The van der Waals surface area contributed by atoms with Gasteiger partial charge in [-0.25, -0.2) is 0 Å². The SMILES string of the molecule is Cc1ncccc1-c1nc(N2CCCC(N)C2)n[nH]1. The molecule has 3 rings (SSSR count). The van der Waals surface area contributed by atoms with E-state index in [2.05, 4.69) is 25.1 Å². The number of nitrogens with one attached hydrogen (secondary N) is 1. The maximum absolute atomic E-state index is 5.99. The van der Waals surface area contributed by atoms with E-state index in [-0.39, 0.29) is 6.04 Å². The van der Waals surface area contributed by atoms with Crippen molar-refractivity contribution in [2.24, 2.45) is 5.73 Å². The molecule has 0 bridgehead atoms. The second-order valence-corrected chi connectivity index (χ2v) is 4.97. The maximum atomic E-state index is 5.99. The van der Waals surface area contributed by atoms with Crippen LogP contribution in [0, 0.1) is 6.92 Å². The van der Waals surface area contributed by atoms with E-state index in [1.807, 2.05) is 19.1 Å². The third-order valence-corrected chi connectivity index (χ3v) is 3.48. The fraction of sp³-hybridized carbons (Fsp3) is 0.462. The van der Waals surface area contributed by atoms with Crippen LogP contribution in [0.4, 0.5) is 5.95 Å². The molecule has 0 amide bonds. The van der Waals surface area contributed by atoms with Crippen LogP contribution in [0.15, 0.2) is 18.3 Å². The molecule has 2 aromatic rings. The van der Waals surface area contributed by atoms with Crippen molar-refractivity contribution in [1.29, 1.82) is 0 Å². The highest BCUT2D eigenvalue weighted by Crippen LogP contribution is 2.21. The van der Waals surface area contributed by atoms with E-state index in [1.54, 1.807) is 6.20 Å². The molecule has 19 heavy (non-hydrogen) atoms. The Hall–Kier alpha value is -1.95. The number of pyridine rings is 1. The highest BCUT2D eigenvalue weighted by atomic mass is 15.4. The van der Waals surface area contributed by atoms with E-state index < -0.39 is 0 Å². The van der Waals surface area contributed by atoms with Crippen molar-refractivity contribution >= 4 is 5.95 Å². The van der Waals surface area contributed by atoms with Crippen LogP contribution < -0.4 is 10.6 Å². The van der Waals surface area contributed by atoms with E-state index in [4.69, 9.17) is 5.73 Å². The van der Waals surface area contributed by atoms with Gasteiger partial charge in [0, 0.05) is 36.6 Å². The van der Waals surface area contributed by atoms with Crippen LogP contribution in [0.1, 0.15) is 18.5 Å². The smallest absolute Gasteiger partial charge is 0.245 e. The second-order valence-electron chi connectivity index (χ2n) is 4.97. The van der Waals surface area contributed by atoms with E-state index in [9.17, 15) is 0 Å². The largest absolute Gasteiger partial charge is 0.338 e. The summed E-state index contributed by atoms with van der Waals surface area (Å²) in [5.41, 5.74) is 7.92. The molecule has 1 atom stereocenters. The summed E-state index contributed by atoms with van der Waals surface area (Å²) in [4.78, 5) is 11.0. The van der Waals surface area contributed by atoms with Crippen LogP contribution in [-0.2, 0) is 0 Å². The van der Waals surface area contributed by atoms with Crippen LogP contribution in [0.5, 0.6) is 0 Å². The van der Waals surface area contributed by atoms with Crippen molar-refractivity contribution in [1.82, 2.24) is 20.2 Å². The number of aromatic amines is 1. The zero-order valence-corrected chi connectivity index (χ0v) is 11.0. The number of piperidine rings is 1. The molecule has 1 saturated heterocycles. The first-order valence-corrected chi connectivity index (χ1v) is 6.59. The first kappa shape index (κ1) is 12.1. The number of hydrogen-bond acceptors (Lipinski definition) is 5. The van der Waals surface area contributed by atoms with Gasteiger partial charge < -0.3 is 10.6 Å². The number of aromatic nitrogens is 4. The van der Waals surface area contributed by atoms with Crippen molar-refractivity contribution in [2.75, 3.05) is 18.0 Å². The van der Waals surface area contributed by atoms with Gasteiger partial charge in [0.1, 0.15) is 0 Å². The average molecular weight is 258 g/mol. The highest BCUT2D eigenvalue weighted by molar-refractivity contribution is 5.58. The number of rotatable bonds is 2. The Kier molecular flexibility index (Phi) is 3.16. The summed E-state index contributed by atoms with van der Waals surface area (Å²) in [7, 11) is 0. The summed E-state index contributed by atoms with van der Waals surface area (Å²) >= 11 is 0. The molecule has 0 aliphatic carbocycles. The lowest BCUT2D eigenvalue weighted by Gasteiger charge is -2.29. The summed E-state index contributed by atoms with van der Waals surface area (Å²) in [5, 5.41) is 7.29. The number of H-pyrrole nitrogens is 1. The van der Waals surface area contributed by atoms with Gasteiger partial charge in [-0.2, -0.15) is 4.98 Å². The average Bonchev–Trinajstić information content (AvgIpc) is 2.89. The topological polar surface area (TPSA) is 83.7 Å². The minimum Gasteiger partial charge on any atom is -0.338 e. The van der Waals surface area contributed by atoms with Gasteiger partial charge in [-0.1, -0.05) is 0 Å².